The Morgan fingerprint density at radius 3 is 2.17 bits per heavy atom. The van der Waals surface area contributed by atoms with Gasteiger partial charge in [-0.2, -0.15) is 17.4 Å². The van der Waals surface area contributed by atoms with Crippen molar-refractivity contribution >= 4 is 26.1 Å². The van der Waals surface area contributed by atoms with Gasteiger partial charge >= 0.3 is 0 Å². The van der Waals surface area contributed by atoms with E-state index in [0.717, 1.165) is 9.87 Å². The summed E-state index contributed by atoms with van der Waals surface area (Å²) in [5, 5.41) is 7.55. The third kappa shape index (κ3) is 6.62. The van der Waals surface area contributed by atoms with Gasteiger partial charge in [0.2, 0.25) is 15.9 Å². The van der Waals surface area contributed by atoms with E-state index in [1.807, 2.05) is 0 Å². The van der Waals surface area contributed by atoms with E-state index in [9.17, 15) is 21.6 Å². The van der Waals surface area contributed by atoms with Crippen molar-refractivity contribution in [3.8, 4) is 0 Å². The first kappa shape index (κ1) is 19.5. The number of rotatable bonds is 8. The smallest absolute Gasteiger partial charge is 0.279 e. The zero-order valence-corrected chi connectivity index (χ0v) is 14.4. The lowest BCUT2D eigenvalue weighted by atomic mass is 10.1. The van der Waals surface area contributed by atoms with Crippen molar-refractivity contribution in [2.75, 3.05) is 27.2 Å². The number of carbonyl (C=O) groups is 1. The predicted molar refractivity (Wildman–Crippen MR) is 85.1 cm³/mol. The number of benzene rings is 1. The molecule has 0 saturated carbocycles. The molecule has 0 spiro atoms. The first-order valence-electron chi connectivity index (χ1n) is 6.58. The molecule has 0 unspecified atom stereocenters. The molecule has 23 heavy (non-hydrogen) atoms. The highest BCUT2D eigenvalue weighted by molar-refractivity contribution is 7.89. The normalized spacial score (nSPS) is 12.3. The number of amides is 1. The van der Waals surface area contributed by atoms with Crippen LogP contribution in [-0.4, -0.2) is 54.2 Å². The summed E-state index contributed by atoms with van der Waals surface area (Å²) in [6, 6.07) is 5.97. The fraction of sp³-hybridized carbons (Fsp3) is 0.417. The van der Waals surface area contributed by atoms with Crippen molar-refractivity contribution in [3.63, 3.8) is 0 Å². The van der Waals surface area contributed by atoms with Crippen molar-refractivity contribution in [2.45, 2.75) is 11.3 Å². The number of nitrogens with two attached hydrogens (primary N) is 1. The predicted octanol–water partition coefficient (Wildman–Crippen LogP) is -1.61. The maximum Gasteiger partial charge on any atom is 0.279 e. The first-order valence-corrected chi connectivity index (χ1v) is 9.56. The van der Waals surface area contributed by atoms with Crippen molar-refractivity contribution in [2.24, 2.45) is 5.14 Å². The van der Waals surface area contributed by atoms with Crippen molar-refractivity contribution in [1.82, 2.24) is 14.3 Å². The van der Waals surface area contributed by atoms with Crippen LogP contribution in [0.5, 0.6) is 0 Å². The van der Waals surface area contributed by atoms with E-state index in [2.05, 4.69) is 10.0 Å². The van der Waals surface area contributed by atoms with Crippen LogP contribution in [0.15, 0.2) is 29.2 Å². The number of carbonyl (C=O) groups excluding carboxylic acids is 1. The van der Waals surface area contributed by atoms with Gasteiger partial charge in [-0.1, -0.05) is 12.1 Å². The second kappa shape index (κ2) is 7.84. The lowest BCUT2D eigenvalue weighted by Gasteiger charge is -2.12. The Balaban J connectivity index is 2.41. The largest absolute Gasteiger partial charge is 0.355 e. The van der Waals surface area contributed by atoms with Gasteiger partial charge in [-0.05, 0) is 24.1 Å². The van der Waals surface area contributed by atoms with Crippen LogP contribution in [0.25, 0.3) is 0 Å². The molecule has 1 amide bonds. The zero-order chi connectivity index (χ0) is 17.7. The molecular formula is C12H20N4O5S2. The van der Waals surface area contributed by atoms with Gasteiger partial charge in [-0.15, -0.1) is 0 Å². The summed E-state index contributed by atoms with van der Waals surface area (Å²) in [5.74, 6) is -0.461. The molecule has 1 aromatic carbocycles. The van der Waals surface area contributed by atoms with Crippen LogP contribution < -0.4 is 15.2 Å². The minimum absolute atomic E-state index is 0.0170. The van der Waals surface area contributed by atoms with Crippen LogP contribution in [0.3, 0.4) is 0 Å². The fourth-order valence-electron chi connectivity index (χ4n) is 1.54. The summed E-state index contributed by atoms with van der Waals surface area (Å²) in [7, 11) is -4.65. The maximum atomic E-state index is 11.5. The Bertz CT molecular complexity index is 742. The number of nitrogens with one attached hydrogen (secondary N) is 2. The van der Waals surface area contributed by atoms with Crippen LogP contribution >= 0.6 is 0 Å². The van der Waals surface area contributed by atoms with Crippen LogP contribution in [0.4, 0.5) is 0 Å². The Labute approximate surface area is 136 Å². The van der Waals surface area contributed by atoms with E-state index in [0.29, 0.717) is 6.42 Å². The van der Waals surface area contributed by atoms with Crippen LogP contribution in [0, 0.1) is 0 Å². The SMILES string of the molecule is CN(C)S(=O)(=O)NCC(=O)NCCc1ccc(S(N)(=O)=O)cc1. The molecule has 0 heterocycles. The van der Waals surface area contributed by atoms with Crippen molar-refractivity contribution in [3.05, 3.63) is 29.8 Å². The van der Waals surface area contributed by atoms with Crippen LogP contribution in [-0.2, 0) is 31.4 Å². The number of hydrogen-bond donors (Lipinski definition) is 3. The van der Waals surface area contributed by atoms with Gasteiger partial charge in [-0.25, -0.2) is 13.6 Å². The van der Waals surface area contributed by atoms with Gasteiger partial charge in [0.25, 0.3) is 10.2 Å². The molecule has 0 aliphatic rings. The Hall–Kier alpha value is -1.53. The van der Waals surface area contributed by atoms with E-state index in [1.165, 1.54) is 26.2 Å². The molecule has 130 valence electrons. The second-order valence-electron chi connectivity index (χ2n) is 4.90. The van der Waals surface area contributed by atoms with E-state index in [1.54, 1.807) is 12.1 Å². The summed E-state index contributed by atoms with van der Waals surface area (Å²) in [6.45, 7) is -0.0673. The number of sulfonamides is 1. The lowest BCUT2D eigenvalue weighted by Crippen LogP contribution is -2.42. The van der Waals surface area contributed by atoms with Gasteiger partial charge in [0.15, 0.2) is 0 Å². The lowest BCUT2D eigenvalue weighted by molar-refractivity contribution is -0.119. The highest BCUT2D eigenvalue weighted by Gasteiger charge is 2.14. The quantitative estimate of drug-likeness (QED) is 0.509. The Kier molecular flexibility index (Phi) is 6.65. The van der Waals surface area contributed by atoms with Gasteiger partial charge in [-0.3, -0.25) is 4.79 Å². The molecule has 0 atom stereocenters. The van der Waals surface area contributed by atoms with E-state index >= 15 is 0 Å². The molecule has 0 radical (unpaired) electrons. The molecule has 0 aromatic heterocycles. The molecule has 0 saturated heterocycles. The third-order valence-electron chi connectivity index (χ3n) is 2.88. The molecule has 0 bridgehead atoms. The standard InChI is InChI=1S/C12H20N4O5S2/c1-16(2)23(20,21)15-9-12(17)14-8-7-10-3-5-11(6-4-10)22(13,18)19/h3-6,15H,7-9H2,1-2H3,(H,14,17)(H2,13,18,19). The van der Waals surface area contributed by atoms with E-state index in [4.69, 9.17) is 5.14 Å². The van der Waals surface area contributed by atoms with Gasteiger partial charge in [0.1, 0.15) is 0 Å². The minimum Gasteiger partial charge on any atom is -0.355 e. The fourth-order valence-corrected chi connectivity index (χ4v) is 2.63. The van der Waals surface area contributed by atoms with Crippen LogP contribution in [0.2, 0.25) is 0 Å². The molecule has 11 heteroatoms. The van der Waals surface area contributed by atoms with Gasteiger partial charge in [0.05, 0.1) is 11.4 Å². The summed E-state index contributed by atoms with van der Waals surface area (Å²) in [5.41, 5.74) is 0.812. The second-order valence-corrected chi connectivity index (χ2v) is 8.43. The average molecular weight is 364 g/mol. The Morgan fingerprint density at radius 1 is 1.13 bits per heavy atom. The van der Waals surface area contributed by atoms with E-state index < -0.39 is 26.1 Å². The highest BCUT2D eigenvalue weighted by Crippen LogP contribution is 2.08. The summed E-state index contributed by atoms with van der Waals surface area (Å²) in [6.07, 6.45) is 0.469. The third-order valence-corrected chi connectivity index (χ3v) is 5.28. The number of hydrogen-bond acceptors (Lipinski definition) is 5. The maximum absolute atomic E-state index is 11.5. The molecule has 4 N–H and O–H groups in total. The molecule has 1 rings (SSSR count). The van der Waals surface area contributed by atoms with Crippen LogP contribution in [0.1, 0.15) is 5.56 Å². The zero-order valence-electron chi connectivity index (χ0n) is 12.8. The molecule has 0 aliphatic heterocycles. The monoisotopic (exact) mass is 364 g/mol. The van der Waals surface area contributed by atoms with E-state index in [-0.39, 0.29) is 18.0 Å². The Morgan fingerprint density at radius 2 is 1.70 bits per heavy atom. The molecule has 0 aliphatic carbocycles. The molecular weight excluding hydrogens is 344 g/mol. The van der Waals surface area contributed by atoms with Gasteiger partial charge in [0, 0.05) is 20.6 Å². The summed E-state index contributed by atoms with van der Waals surface area (Å²) < 4.78 is 48.2. The summed E-state index contributed by atoms with van der Waals surface area (Å²) in [4.78, 5) is 11.6. The highest BCUT2D eigenvalue weighted by atomic mass is 32.2. The topological polar surface area (TPSA) is 139 Å². The minimum atomic E-state index is -3.72. The molecule has 9 nitrogen and oxygen atoms in total. The first-order chi connectivity index (χ1) is 10.5. The van der Waals surface area contributed by atoms with Crippen molar-refractivity contribution < 1.29 is 21.6 Å². The van der Waals surface area contributed by atoms with Gasteiger partial charge < -0.3 is 5.32 Å². The number of primary sulfonamides is 1. The molecule has 0 fully saturated rings. The number of nitrogens with zero attached hydrogens (tertiary/aromatic N) is 1. The summed E-state index contributed by atoms with van der Waals surface area (Å²) >= 11 is 0. The van der Waals surface area contributed by atoms with Crippen molar-refractivity contribution in [1.29, 1.82) is 0 Å². The molecule has 1 aromatic rings. The average Bonchev–Trinajstić information content (AvgIpc) is 2.44.